The molecule has 0 radical (unpaired) electrons. The standard InChI is InChI=1S/C23H26N2O3/c26-22(21-2-1-15-27-21)25-13-9-23(10-14-25)8-5-19-16-18(3-4-20(19)28-23)17-6-11-24-12-7-17/h3-4,6-7,11-12,16,21H,1-2,5,8-10,13-15H2/t21-/m1/s1. The fourth-order valence-electron chi connectivity index (χ4n) is 4.71. The molecule has 5 nitrogen and oxygen atoms in total. The molecular weight excluding hydrogens is 352 g/mol. The van der Waals surface area contributed by atoms with Crippen LogP contribution in [0.2, 0.25) is 0 Å². The molecule has 1 atom stereocenters. The van der Waals surface area contributed by atoms with Crippen LogP contribution in [0.1, 0.15) is 37.7 Å². The molecule has 1 aromatic carbocycles. The lowest BCUT2D eigenvalue weighted by atomic mass is 9.82. The van der Waals surface area contributed by atoms with Gasteiger partial charge in [0.1, 0.15) is 17.5 Å². The first kappa shape index (κ1) is 17.7. The lowest BCUT2D eigenvalue weighted by Crippen LogP contribution is -2.52. The first-order chi connectivity index (χ1) is 13.7. The van der Waals surface area contributed by atoms with Gasteiger partial charge in [-0.15, -0.1) is 0 Å². The zero-order valence-electron chi connectivity index (χ0n) is 16.1. The van der Waals surface area contributed by atoms with Crippen molar-refractivity contribution >= 4 is 5.91 Å². The Labute approximate surface area is 165 Å². The van der Waals surface area contributed by atoms with Crippen LogP contribution >= 0.6 is 0 Å². The van der Waals surface area contributed by atoms with Crippen molar-refractivity contribution in [3.8, 4) is 16.9 Å². The number of piperidine rings is 1. The van der Waals surface area contributed by atoms with Crippen molar-refractivity contribution < 1.29 is 14.3 Å². The van der Waals surface area contributed by atoms with Crippen LogP contribution in [0.3, 0.4) is 0 Å². The van der Waals surface area contributed by atoms with E-state index in [1.54, 1.807) is 0 Å². The van der Waals surface area contributed by atoms with Crippen LogP contribution in [-0.4, -0.2) is 47.2 Å². The summed E-state index contributed by atoms with van der Waals surface area (Å²) < 4.78 is 12.1. The molecule has 0 unspecified atom stereocenters. The Hall–Kier alpha value is -2.40. The molecule has 146 valence electrons. The zero-order chi connectivity index (χ0) is 19.0. The normalized spacial score (nSPS) is 23.3. The second-order valence-electron chi connectivity index (χ2n) is 8.17. The van der Waals surface area contributed by atoms with Crippen molar-refractivity contribution in [1.82, 2.24) is 9.88 Å². The number of hydrogen-bond acceptors (Lipinski definition) is 4. The number of nitrogens with zero attached hydrogens (tertiary/aromatic N) is 2. The van der Waals surface area contributed by atoms with Crippen molar-refractivity contribution in [2.45, 2.75) is 50.2 Å². The van der Waals surface area contributed by atoms with E-state index in [1.165, 1.54) is 16.7 Å². The van der Waals surface area contributed by atoms with Crippen molar-refractivity contribution in [3.05, 3.63) is 48.3 Å². The Balaban J connectivity index is 1.27. The molecule has 0 bridgehead atoms. The third-order valence-corrected chi connectivity index (χ3v) is 6.44. The number of fused-ring (bicyclic) bond motifs is 1. The van der Waals surface area contributed by atoms with Gasteiger partial charge in [-0.05, 0) is 66.6 Å². The smallest absolute Gasteiger partial charge is 0.251 e. The van der Waals surface area contributed by atoms with E-state index in [1.807, 2.05) is 29.4 Å². The van der Waals surface area contributed by atoms with E-state index in [-0.39, 0.29) is 17.6 Å². The summed E-state index contributed by atoms with van der Waals surface area (Å²) in [6.07, 6.45) is 9.13. The minimum atomic E-state index is -0.214. The molecule has 3 aliphatic rings. The van der Waals surface area contributed by atoms with Gasteiger partial charge in [-0.2, -0.15) is 0 Å². The molecule has 2 saturated heterocycles. The fourth-order valence-corrected chi connectivity index (χ4v) is 4.71. The quantitative estimate of drug-likeness (QED) is 0.801. The van der Waals surface area contributed by atoms with Crippen LogP contribution in [0.25, 0.3) is 11.1 Å². The van der Waals surface area contributed by atoms with Gasteiger partial charge in [-0.1, -0.05) is 6.07 Å². The predicted octanol–water partition coefficient (Wildman–Crippen LogP) is 3.61. The van der Waals surface area contributed by atoms with Crippen molar-refractivity contribution in [1.29, 1.82) is 0 Å². The van der Waals surface area contributed by atoms with Gasteiger partial charge in [0.2, 0.25) is 0 Å². The maximum absolute atomic E-state index is 12.6. The molecule has 0 N–H and O–H groups in total. The summed E-state index contributed by atoms with van der Waals surface area (Å²) in [7, 11) is 0. The van der Waals surface area contributed by atoms with Gasteiger partial charge in [0.15, 0.2) is 0 Å². The highest BCUT2D eigenvalue weighted by Gasteiger charge is 2.41. The van der Waals surface area contributed by atoms with Crippen LogP contribution in [0.15, 0.2) is 42.7 Å². The SMILES string of the molecule is O=C([C@H]1CCCO1)N1CCC2(CCc3cc(-c4ccncc4)ccc3O2)CC1. The van der Waals surface area contributed by atoms with E-state index in [0.29, 0.717) is 0 Å². The number of carbonyl (C=O) groups is 1. The second kappa shape index (κ2) is 7.21. The summed E-state index contributed by atoms with van der Waals surface area (Å²) in [5.74, 6) is 1.17. The Bertz CT molecular complexity index is 853. The Kier molecular flexibility index (Phi) is 4.55. The zero-order valence-corrected chi connectivity index (χ0v) is 16.1. The van der Waals surface area contributed by atoms with Gasteiger partial charge in [0, 0.05) is 44.9 Å². The van der Waals surface area contributed by atoms with Gasteiger partial charge in [0.05, 0.1) is 0 Å². The Morgan fingerprint density at radius 2 is 1.89 bits per heavy atom. The maximum atomic E-state index is 12.6. The number of carbonyl (C=O) groups excluding carboxylic acids is 1. The number of amides is 1. The Morgan fingerprint density at radius 1 is 1.07 bits per heavy atom. The highest BCUT2D eigenvalue weighted by Crippen LogP contribution is 2.41. The molecule has 0 aliphatic carbocycles. The van der Waals surface area contributed by atoms with Crippen LogP contribution < -0.4 is 4.74 Å². The van der Waals surface area contributed by atoms with E-state index in [2.05, 4.69) is 23.2 Å². The van der Waals surface area contributed by atoms with Gasteiger partial charge in [-0.25, -0.2) is 0 Å². The average Bonchev–Trinajstić information content (AvgIpc) is 3.29. The molecule has 0 saturated carbocycles. The third kappa shape index (κ3) is 3.28. The predicted molar refractivity (Wildman–Crippen MR) is 106 cm³/mol. The highest BCUT2D eigenvalue weighted by molar-refractivity contribution is 5.81. The van der Waals surface area contributed by atoms with Gasteiger partial charge in [0.25, 0.3) is 5.91 Å². The molecule has 5 rings (SSSR count). The number of pyridine rings is 1. The maximum Gasteiger partial charge on any atom is 0.251 e. The largest absolute Gasteiger partial charge is 0.487 e. The average molecular weight is 378 g/mol. The molecule has 2 fully saturated rings. The molecule has 28 heavy (non-hydrogen) atoms. The van der Waals surface area contributed by atoms with E-state index in [4.69, 9.17) is 9.47 Å². The summed E-state index contributed by atoms with van der Waals surface area (Å²) >= 11 is 0. The van der Waals surface area contributed by atoms with Gasteiger partial charge >= 0.3 is 0 Å². The number of aryl methyl sites for hydroxylation is 1. The first-order valence-electron chi connectivity index (χ1n) is 10.4. The number of ether oxygens (including phenoxy) is 2. The summed E-state index contributed by atoms with van der Waals surface area (Å²) in [5, 5.41) is 0. The van der Waals surface area contributed by atoms with Crippen LogP contribution in [0.4, 0.5) is 0 Å². The van der Waals surface area contributed by atoms with E-state index in [0.717, 1.165) is 64.0 Å². The summed E-state index contributed by atoms with van der Waals surface area (Å²) in [6.45, 7) is 2.25. The molecule has 1 aromatic heterocycles. The van der Waals surface area contributed by atoms with Crippen molar-refractivity contribution in [2.75, 3.05) is 19.7 Å². The lowest BCUT2D eigenvalue weighted by Gasteiger charge is -2.45. The summed E-state index contributed by atoms with van der Waals surface area (Å²) in [4.78, 5) is 18.7. The Morgan fingerprint density at radius 3 is 2.64 bits per heavy atom. The number of rotatable bonds is 2. The van der Waals surface area contributed by atoms with E-state index < -0.39 is 0 Å². The number of hydrogen-bond donors (Lipinski definition) is 0. The monoisotopic (exact) mass is 378 g/mol. The molecular formula is C23H26N2O3. The molecule has 5 heteroatoms. The summed E-state index contributed by atoms with van der Waals surface area (Å²) in [5.41, 5.74) is 3.54. The lowest BCUT2D eigenvalue weighted by molar-refractivity contribution is -0.144. The van der Waals surface area contributed by atoms with Gasteiger partial charge in [-0.3, -0.25) is 9.78 Å². The molecule has 2 aromatic rings. The fraction of sp³-hybridized carbons (Fsp3) is 0.478. The first-order valence-corrected chi connectivity index (χ1v) is 10.4. The van der Waals surface area contributed by atoms with Crippen LogP contribution in [-0.2, 0) is 16.0 Å². The minimum absolute atomic E-state index is 0.126. The van der Waals surface area contributed by atoms with E-state index >= 15 is 0 Å². The number of likely N-dealkylation sites (tertiary alicyclic amines) is 1. The second-order valence-corrected chi connectivity index (χ2v) is 8.17. The molecule has 3 aliphatic heterocycles. The summed E-state index contributed by atoms with van der Waals surface area (Å²) in [6, 6.07) is 10.5. The third-order valence-electron chi connectivity index (χ3n) is 6.44. The number of benzene rings is 1. The molecule has 4 heterocycles. The van der Waals surface area contributed by atoms with Gasteiger partial charge < -0.3 is 14.4 Å². The van der Waals surface area contributed by atoms with Crippen LogP contribution in [0, 0.1) is 0 Å². The van der Waals surface area contributed by atoms with Crippen molar-refractivity contribution in [2.24, 2.45) is 0 Å². The number of aromatic nitrogens is 1. The van der Waals surface area contributed by atoms with Crippen molar-refractivity contribution in [3.63, 3.8) is 0 Å². The van der Waals surface area contributed by atoms with Crippen LogP contribution in [0.5, 0.6) is 5.75 Å². The molecule has 1 amide bonds. The topological polar surface area (TPSA) is 51.7 Å². The van der Waals surface area contributed by atoms with E-state index in [9.17, 15) is 4.79 Å². The highest BCUT2D eigenvalue weighted by atomic mass is 16.5. The minimum Gasteiger partial charge on any atom is -0.487 e. The molecule has 1 spiro atoms.